The van der Waals surface area contributed by atoms with E-state index in [2.05, 4.69) is 0 Å². The minimum absolute atomic E-state index is 0.208. The molecule has 174 valence electrons. The number of benzene rings is 2. The van der Waals surface area contributed by atoms with Gasteiger partial charge in [0.15, 0.2) is 0 Å². The Morgan fingerprint density at radius 3 is 2.56 bits per heavy atom. The van der Waals surface area contributed by atoms with Gasteiger partial charge in [0.25, 0.3) is 0 Å². The van der Waals surface area contributed by atoms with Crippen molar-refractivity contribution in [1.29, 1.82) is 0 Å². The Labute approximate surface area is 193 Å². The van der Waals surface area contributed by atoms with Gasteiger partial charge in [0.05, 0.1) is 18.2 Å². The van der Waals surface area contributed by atoms with E-state index in [9.17, 15) is 23.9 Å². The van der Waals surface area contributed by atoms with Gasteiger partial charge in [-0.05, 0) is 56.0 Å². The average molecular weight is 463 g/mol. The second-order valence-corrected chi connectivity index (χ2v) is 8.66. The first-order valence-corrected chi connectivity index (χ1v) is 11.0. The summed E-state index contributed by atoms with van der Waals surface area (Å²) in [6, 6.07) is 7.05. The Balaban J connectivity index is 1.62. The van der Waals surface area contributed by atoms with E-state index in [1.165, 1.54) is 17.0 Å². The highest BCUT2D eigenvalue weighted by atomic mass is 19.1. The number of likely N-dealkylation sites (tertiary alicyclic amines) is 1. The van der Waals surface area contributed by atoms with E-state index < -0.39 is 23.5 Å². The highest BCUT2D eigenvalue weighted by molar-refractivity contribution is 6.05. The molecule has 1 amide bonds. The van der Waals surface area contributed by atoms with Crippen molar-refractivity contribution < 1.29 is 27.9 Å². The number of rotatable bonds is 4. The third-order valence-corrected chi connectivity index (χ3v) is 6.68. The number of amides is 1. The van der Waals surface area contributed by atoms with Crippen molar-refractivity contribution in [3.05, 3.63) is 69.5 Å². The molecule has 1 fully saturated rings. The lowest BCUT2D eigenvalue weighted by atomic mass is 9.97. The first-order chi connectivity index (χ1) is 16.3. The number of furan rings is 1. The van der Waals surface area contributed by atoms with Crippen molar-refractivity contribution in [2.75, 3.05) is 6.54 Å². The smallest absolute Gasteiger partial charge is 0.340 e. The highest BCUT2D eigenvalue weighted by Crippen LogP contribution is 2.37. The summed E-state index contributed by atoms with van der Waals surface area (Å²) >= 11 is 0. The molecule has 34 heavy (non-hydrogen) atoms. The van der Waals surface area contributed by atoms with Gasteiger partial charge in [-0.3, -0.25) is 4.79 Å². The Hall–Kier alpha value is -3.94. The van der Waals surface area contributed by atoms with Crippen LogP contribution in [0.1, 0.15) is 29.5 Å². The molecule has 0 spiro atoms. The maximum absolute atomic E-state index is 13.4. The number of carbonyl (C=O) groups excluding carboxylic acids is 1. The Morgan fingerprint density at radius 2 is 1.85 bits per heavy atom. The SMILES string of the molecule is Cc1c(CC(=O)N2CCCC2C(=O)O)c(=O)oc2c(C)c3occ(-c4ccc(F)cc4)c3cc12. The number of hydrogen-bond donors (Lipinski definition) is 1. The molecule has 5 rings (SSSR count). The van der Waals surface area contributed by atoms with Crippen molar-refractivity contribution in [1.82, 2.24) is 4.90 Å². The summed E-state index contributed by atoms with van der Waals surface area (Å²) in [5.74, 6) is -1.79. The van der Waals surface area contributed by atoms with E-state index in [4.69, 9.17) is 8.83 Å². The molecule has 1 aliphatic heterocycles. The molecule has 3 heterocycles. The number of nitrogens with zero attached hydrogens (tertiary/aromatic N) is 1. The molecule has 2 aromatic carbocycles. The quantitative estimate of drug-likeness (QED) is 0.445. The molecule has 0 aliphatic carbocycles. The maximum Gasteiger partial charge on any atom is 0.340 e. The van der Waals surface area contributed by atoms with Crippen molar-refractivity contribution in [3.63, 3.8) is 0 Å². The fourth-order valence-electron chi connectivity index (χ4n) is 4.83. The second kappa shape index (κ2) is 8.13. The van der Waals surface area contributed by atoms with E-state index in [0.29, 0.717) is 47.1 Å². The summed E-state index contributed by atoms with van der Waals surface area (Å²) in [7, 11) is 0. The van der Waals surface area contributed by atoms with Crippen molar-refractivity contribution in [3.8, 4) is 11.1 Å². The van der Waals surface area contributed by atoms with E-state index in [-0.39, 0.29) is 17.8 Å². The summed E-state index contributed by atoms with van der Waals surface area (Å²) in [5.41, 5.74) is 3.29. The molecule has 8 heteroatoms. The molecule has 1 N–H and O–H groups in total. The van der Waals surface area contributed by atoms with Crippen LogP contribution < -0.4 is 5.63 Å². The monoisotopic (exact) mass is 463 g/mol. The van der Waals surface area contributed by atoms with Gasteiger partial charge in [-0.15, -0.1) is 0 Å². The van der Waals surface area contributed by atoms with Gasteiger partial charge in [0, 0.05) is 28.4 Å². The minimum atomic E-state index is -1.04. The largest absolute Gasteiger partial charge is 0.480 e. The fourth-order valence-corrected chi connectivity index (χ4v) is 4.83. The van der Waals surface area contributed by atoms with Gasteiger partial charge in [-0.2, -0.15) is 0 Å². The van der Waals surface area contributed by atoms with Crippen LogP contribution in [0.3, 0.4) is 0 Å². The molecule has 0 radical (unpaired) electrons. The summed E-state index contributed by atoms with van der Waals surface area (Å²) in [6.45, 7) is 3.89. The highest BCUT2D eigenvalue weighted by Gasteiger charge is 2.34. The number of hydrogen-bond acceptors (Lipinski definition) is 5. The van der Waals surface area contributed by atoms with Crippen LogP contribution in [0.15, 0.2) is 50.2 Å². The number of fused-ring (bicyclic) bond motifs is 2. The number of aliphatic carboxylic acids is 1. The van der Waals surface area contributed by atoms with Crippen LogP contribution in [-0.4, -0.2) is 34.5 Å². The zero-order chi connectivity index (χ0) is 24.1. The van der Waals surface area contributed by atoms with Crippen LogP contribution in [0, 0.1) is 19.7 Å². The van der Waals surface area contributed by atoms with Crippen molar-refractivity contribution in [2.24, 2.45) is 0 Å². The van der Waals surface area contributed by atoms with E-state index >= 15 is 0 Å². The molecule has 0 saturated carbocycles. The van der Waals surface area contributed by atoms with Gasteiger partial charge >= 0.3 is 11.6 Å². The Morgan fingerprint density at radius 1 is 1.12 bits per heavy atom. The van der Waals surface area contributed by atoms with Crippen LogP contribution >= 0.6 is 0 Å². The van der Waals surface area contributed by atoms with Gasteiger partial charge in [-0.1, -0.05) is 12.1 Å². The Kier molecular flexibility index (Phi) is 5.23. The van der Waals surface area contributed by atoms with Crippen LogP contribution in [-0.2, 0) is 16.0 Å². The van der Waals surface area contributed by atoms with Crippen LogP contribution in [0.25, 0.3) is 33.1 Å². The third-order valence-electron chi connectivity index (χ3n) is 6.68. The summed E-state index contributed by atoms with van der Waals surface area (Å²) in [6.07, 6.45) is 2.36. The zero-order valence-corrected chi connectivity index (χ0v) is 18.7. The molecule has 1 saturated heterocycles. The third kappa shape index (κ3) is 3.46. The molecular formula is C26H22FNO6. The lowest BCUT2D eigenvalue weighted by molar-refractivity contribution is -0.148. The topological polar surface area (TPSA) is 101 Å². The average Bonchev–Trinajstić information content (AvgIpc) is 3.46. The lowest BCUT2D eigenvalue weighted by Crippen LogP contribution is -2.41. The summed E-state index contributed by atoms with van der Waals surface area (Å²) in [4.78, 5) is 38.6. The molecule has 4 aromatic rings. The van der Waals surface area contributed by atoms with Gasteiger partial charge in [0.2, 0.25) is 5.91 Å². The minimum Gasteiger partial charge on any atom is -0.480 e. The molecule has 1 aliphatic rings. The molecule has 1 atom stereocenters. The van der Waals surface area contributed by atoms with Gasteiger partial charge < -0.3 is 18.8 Å². The zero-order valence-electron chi connectivity index (χ0n) is 18.7. The predicted molar refractivity (Wildman–Crippen MR) is 123 cm³/mol. The van der Waals surface area contributed by atoms with Crippen molar-refractivity contribution in [2.45, 2.75) is 39.2 Å². The number of carbonyl (C=O) groups is 2. The second-order valence-electron chi connectivity index (χ2n) is 8.66. The molecular weight excluding hydrogens is 441 g/mol. The van der Waals surface area contributed by atoms with Crippen LogP contribution in [0.4, 0.5) is 4.39 Å². The number of halogens is 1. The van der Waals surface area contributed by atoms with Crippen molar-refractivity contribution >= 4 is 33.8 Å². The number of carboxylic acid groups (broad SMARTS) is 1. The standard InChI is InChI=1S/C26H22FNO6/c1-13-17-10-19-20(15-5-7-16(27)8-6-15)12-33-23(19)14(2)24(17)34-26(32)18(13)11-22(29)28-9-3-4-21(28)25(30)31/h5-8,10,12,21H,3-4,9,11H2,1-2H3,(H,30,31). The van der Waals surface area contributed by atoms with Gasteiger partial charge in [-0.25, -0.2) is 14.0 Å². The lowest BCUT2D eigenvalue weighted by Gasteiger charge is -2.21. The number of carboxylic acids is 1. The van der Waals surface area contributed by atoms with Crippen LogP contribution in [0.2, 0.25) is 0 Å². The van der Waals surface area contributed by atoms with E-state index in [1.807, 2.05) is 6.07 Å². The molecule has 7 nitrogen and oxygen atoms in total. The first kappa shape index (κ1) is 21.9. The molecule has 2 aromatic heterocycles. The summed E-state index contributed by atoms with van der Waals surface area (Å²) < 4.78 is 24.8. The van der Waals surface area contributed by atoms with E-state index in [1.54, 1.807) is 32.2 Å². The first-order valence-electron chi connectivity index (χ1n) is 11.0. The van der Waals surface area contributed by atoms with Crippen LogP contribution in [0.5, 0.6) is 0 Å². The summed E-state index contributed by atoms with van der Waals surface area (Å²) in [5, 5.41) is 10.8. The molecule has 1 unspecified atom stereocenters. The normalized spacial score (nSPS) is 16.0. The molecule has 0 bridgehead atoms. The Bertz CT molecular complexity index is 1510. The van der Waals surface area contributed by atoms with E-state index in [0.717, 1.165) is 16.5 Å². The number of aryl methyl sites for hydroxylation is 2. The predicted octanol–water partition coefficient (Wildman–Crippen LogP) is 4.58. The maximum atomic E-state index is 13.4. The van der Waals surface area contributed by atoms with Gasteiger partial charge in [0.1, 0.15) is 23.0 Å². The fraction of sp³-hybridized carbons (Fsp3) is 0.269.